The van der Waals surface area contributed by atoms with Crippen LogP contribution in [0.2, 0.25) is 0 Å². The number of nitrogens with one attached hydrogen (secondary N) is 1. The summed E-state index contributed by atoms with van der Waals surface area (Å²) in [4.78, 5) is 15.7. The molecular weight excluding hydrogens is 298 g/mol. The first kappa shape index (κ1) is 14.6. The number of thioether (sulfide) groups is 1. The van der Waals surface area contributed by atoms with E-state index in [4.69, 9.17) is 6.42 Å². The predicted molar refractivity (Wildman–Crippen MR) is 84.1 cm³/mol. The fourth-order valence-corrected chi connectivity index (χ4v) is 2.90. The minimum absolute atomic E-state index is 0.0984. The number of nitrogens with zero attached hydrogens (tertiary/aromatic N) is 4. The lowest BCUT2D eigenvalue weighted by atomic mass is 10.2. The van der Waals surface area contributed by atoms with Crippen LogP contribution in [0.4, 0.5) is 0 Å². The summed E-state index contributed by atoms with van der Waals surface area (Å²) < 4.78 is 2.12. The number of pyridine rings is 1. The van der Waals surface area contributed by atoms with Gasteiger partial charge in [0.1, 0.15) is 0 Å². The Kier molecular flexibility index (Phi) is 4.39. The lowest BCUT2D eigenvalue weighted by Crippen LogP contribution is -2.25. The quantitative estimate of drug-likeness (QED) is 0.646. The Balaban J connectivity index is 1.77. The molecule has 0 bridgehead atoms. The van der Waals surface area contributed by atoms with Gasteiger partial charge in [0.25, 0.3) is 0 Å². The molecule has 0 radical (unpaired) electrons. The number of carbonyl (C=O) groups is 1. The summed E-state index contributed by atoms with van der Waals surface area (Å²) in [7, 11) is 0. The summed E-state index contributed by atoms with van der Waals surface area (Å²) in [5.74, 6) is 3.39. The van der Waals surface area contributed by atoms with Crippen molar-refractivity contribution >= 4 is 17.7 Å². The number of amides is 1. The normalized spacial score (nSPS) is 13.6. The van der Waals surface area contributed by atoms with Gasteiger partial charge in [0.05, 0.1) is 12.3 Å². The zero-order chi connectivity index (χ0) is 15.4. The van der Waals surface area contributed by atoms with E-state index < -0.39 is 0 Å². The van der Waals surface area contributed by atoms with Crippen LogP contribution in [0.3, 0.4) is 0 Å². The molecule has 0 unspecified atom stereocenters. The average molecular weight is 313 g/mol. The smallest absolute Gasteiger partial charge is 0.231 e. The molecule has 1 fully saturated rings. The van der Waals surface area contributed by atoms with E-state index in [2.05, 4.69) is 31.0 Å². The molecule has 0 spiro atoms. The van der Waals surface area contributed by atoms with Crippen molar-refractivity contribution in [1.29, 1.82) is 0 Å². The van der Waals surface area contributed by atoms with E-state index in [0.29, 0.717) is 6.04 Å². The second-order valence-corrected chi connectivity index (χ2v) is 5.86. The standard InChI is InChI=1S/C15H15N5OS/c1-2-7-17-13(21)10-22-15-19-18-14(20(15)12-3-4-12)11-5-8-16-9-6-11/h1,5-6,8-9,12H,3-4,7,10H2,(H,17,21). The average Bonchev–Trinajstić information content (AvgIpc) is 3.31. The van der Waals surface area contributed by atoms with Gasteiger partial charge in [-0.15, -0.1) is 16.6 Å². The molecule has 6 nitrogen and oxygen atoms in total. The highest BCUT2D eigenvalue weighted by molar-refractivity contribution is 7.99. The van der Waals surface area contributed by atoms with Crippen LogP contribution >= 0.6 is 11.8 Å². The topological polar surface area (TPSA) is 72.7 Å². The highest BCUT2D eigenvalue weighted by atomic mass is 32.2. The van der Waals surface area contributed by atoms with Gasteiger partial charge >= 0.3 is 0 Å². The lowest BCUT2D eigenvalue weighted by Gasteiger charge is -2.08. The number of hydrogen-bond donors (Lipinski definition) is 1. The predicted octanol–water partition coefficient (Wildman–Crippen LogP) is 1.52. The molecule has 0 aromatic carbocycles. The SMILES string of the molecule is C#CCNC(=O)CSc1nnc(-c2ccncc2)n1C1CC1. The maximum Gasteiger partial charge on any atom is 0.231 e. The fourth-order valence-electron chi connectivity index (χ4n) is 2.07. The number of carbonyl (C=O) groups excluding carboxylic acids is 1. The van der Waals surface area contributed by atoms with Crippen LogP contribution in [0.25, 0.3) is 11.4 Å². The minimum Gasteiger partial charge on any atom is -0.344 e. The maximum absolute atomic E-state index is 11.7. The summed E-state index contributed by atoms with van der Waals surface area (Å²) in [5, 5.41) is 11.9. The number of rotatable bonds is 6. The molecule has 1 amide bonds. The van der Waals surface area contributed by atoms with Crippen LogP contribution in [0.5, 0.6) is 0 Å². The molecule has 22 heavy (non-hydrogen) atoms. The van der Waals surface area contributed by atoms with Gasteiger partial charge in [0.2, 0.25) is 5.91 Å². The minimum atomic E-state index is -0.0984. The monoisotopic (exact) mass is 313 g/mol. The summed E-state index contributed by atoms with van der Waals surface area (Å²) >= 11 is 1.38. The van der Waals surface area contributed by atoms with Crippen molar-refractivity contribution in [3.05, 3.63) is 24.5 Å². The molecule has 2 aromatic heterocycles. The molecule has 1 saturated carbocycles. The second-order valence-electron chi connectivity index (χ2n) is 4.91. The van der Waals surface area contributed by atoms with Gasteiger partial charge in [0.15, 0.2) is 11.0 Å². The number of terminal acetylenes is 1. The Hall–Kier alpha value is -2.33. The van der Waals surface area contributed by atoms with Crippen molar-refractivity contribution in [3.63, 3.8) is 0 Å². The van der Waals surface area contributed by atoms with Crippen LogP contribution in [0.1, 0.15) is 18.9 Å². The van der Waals surface area contributed by atoms with E-state index in [1.165, 1.54) is 11.8 Å². The van der Waals surface area contributed by atoms with Crippen molar-refractivity contribution in [2.45, 2.75) is 24.0 Å². The Labute approximate surface area is 132 Å². The van der Waals surface area contributed by atoms with Gasteiger partial charge in [-0.05, 0) is 25.0 Å². The van der Waals surface area contributed by atoms with Gasteiger partial charge in [-0.3, -0.25) is 14.3 Å². The third kappa shape index (κ3) is 3.28. The van der Waals surface area contributed by atoms with E-state index in [1.807, 2.05) is 12.1 Å². The molecule has 1 N–H and O–H groups in total. The Morgan fingerprint density at radius 2 is 2.18 bits per heavy atom. The van der Waals surface area contributed by atoms with Crippen molar-refractivity contribution in [3.8, 4) is 23.7 Å². The molecule has 1 aliphatic carbocycles. The molecule has 1 aliphatic rings. The molecule has 112 valence electrons. The van der Waals surface area contributed by atoms with Gasteiger partial charge < -0.3 is 5.32 Å². The zero-order valence-corrected chi connectivity index (χ0v) is 12.7. The highest BCUT2D eigenvalue weighted by Gasteiger charge is 2.30. The first-order chi connectivity index (χ1) is 10.8. The van der Waals surface area contributed by atoms with Gasteiger partial charge in [-0.2, -0.15) is 0 Å². The molecule has 0 saturated heterocycles. The van der Waals surface area contributed by atoms with Crippen LogP contribution in [0.15, 0.2) is 29.7 Å². The van der Waals surface area contributed by atoms with E-state index in [0.717, 1.165) is 29.4 Å². The highest BCUT2D eigenvalue weighted by Crippen LogP contribution is 2.40. The van der Waals surface area contributed by atoms with Crippen LogP contribution < -0.4 is 5.32 Å². The lowest BCUT2D eigenvalue weighted by molar-refractivity contribution is -0.118. The third-order valence-electron chi connectivity index (χ3n) is 3.24. The van der Waals surface area contributed by atoms with Crippen molar-refractivity contribution in [1.82, 2.24) is 25.1 Å². The zero-order valence-electron chi connectivity index (χ0n) is 11.9. The Morgan fingerprint density at radius 3 is 2.86 bits per heavy atom. The van der Waals surface area contributed by atoms with Crippen molar-refractivity contribution < 1.29 is 4.79 Å². The molecule has 0 atom stereocenters. The van der Waals surface area contributed by atoms with E-state index >= 15 is 0 Å². The van der Waals surface area contributed by atoms with Crippen LogP contribution in [-0.4, -0.2) is 38.0 Å². The van der Waals surface area contributed by atoms with E-state index in [1.54, 1.807) is 12.4 Å². The van der Waals surface area contributed by atoms with Gasteiger partial charge in [-0.1, -0.05) is 17.7 Å². The summed E-state index contributed by atoms with van der Waals surface area (Å²) in [6, 6.07) is 4.25. The van der Waals surface area contributed by atoms with Crippen molar-refractivity contribution in [2.24, 2.45) is 0 Å². The molecule has 3 rings (SSSR count). The van der Waals surface area contributed by atoms with Crippen molar-refractivity contribution in [2.75, 3.05) is 12.3 Å². The number of hydrogen-bond acceptors (Lipinski definition) is 5. The van der Waals surface area contributed by atoms with Gasteiger partial charge in [-0.25, -0.2) is 0 Å². The molecule has 2 aromatic rings. The fraction of sp³-hybridized carbons (Fsp3) is 0.333. The van der Waals surface area contributed by atoms with Crippen LogP contribution in [-0.2, 0) is 4.79 Å². The molecule has 0 aliphatic heterocycles. The van der Waals surface area contributed by atoms with E-state index in [9.17, 15) is 4.79 Å². The molecule has 2 heterocycles. The summed E-state index contributed by atoms with van der Waals surface area (Å²) in [6.07, 6.45) is 10.8. The number of aromatic nitrogens is 4. The summed E-state index contributed by atoms with van der Waals surface area (Å²) in [5.41, 5.74) is 0.984. The first-order valence-electron chi connectivity index (χ1n) is 6.98. The maximum atomic E-state index is 11.7. The third-order valence-corrected chi connectivity index (χ3v) is 4.18. The molecule has 7 heteroatoms. The van der Waals surface area contributed by atoms with Crippen LogP contribution in [0, 0.1) is 12.3 Å². The first-order valence-corrected chi connectivity index (χ1v) is 7.96. The van der Waals surface area contributed by atoms with E-state index in [-0.39, 0.29) is 18.2 Å². The Bertz CT molecular complexity index is 702. The molecular formula is C15H15N5OS. The Morgan fingerprint density at radius 1 is 1.41 bits per heavy atom. The summed E-state index contributed by atoms with van der Waals surface area (Å²) in [6.45, 7) is 0.247. The largest absolute Gasteiger partial charge is 0.344 e. The second kappa shape index (κ2) is 6.62. The van der Waals surface area contributed by atoms with Gasteiger partial charge in [0, 0.05) is 24.0 Å².